The molecule has 1 aromatic carbocycles. The topological polar surface area (TPSA) is 108 Å². The first kappa shape index (κ1) is 19.3. The summed E-state index contributed by atoms with van der Waals surface area (Å²) in [6.45, 7) is 3.66. The van der Waals surface area contributed by atoms with Crippen LogP contribution >= 0.6 is 0 Å². The molecule has 9 nitrogen and oxygen atoms in total. The summed E-state index contributed by atoms with van der Waals surface area (Å²) >= 11 is 0. The van der Waals surface area contributed by atoms with Crippen molar-refractivity contribution in [3.8, 4) is 23.0 Å². The number of nitrogens with one attached hydrogen (secondary N) is 1. The summed E-state index contributed by atoms with van der Waals surface area (Å²) < 4.78 is 12.0. The van der Waals surface area contributed by atoms with Crippen LogP contribution in [0, 0.1) is 6.92 Å². The second-order valence-corrected chi connectivity index (χ2v) is 6.68. The number of aryl methyl sites for hydroxylation is 1. The fourth-order valence-corrected chi connectivity index (χ4v) is 2.92. The highest BCUT2D eigenvalue weighted by molar-refractivity contribution is 5.92. The van der Waals surface area contributed by atoms with Crippen LogP contribution < -0.4 is 10.1 Å². The summed E-state index contributed by atoms with van der Waals surface area (Å²) in [6.07, 6.45) is 4.80. The smallest absolute Gasteiger partial charge is 0.271 e. The molecule has 1 atom stereocenters. The van der Waals surface area contributed by atoms with Gasteiger partial charge in [0, 0.05) is 18.0 Å². The maximum Gasteiger partial charge on any atom is 0.271 e. The summed E-state index contributed by atoms with van der Waals surface area (Å²) in [6, 6.07) is 10.9. The number of methoxy groups -OCH3 is 1. The lowest BCUT2D eigenvalue weighted by Gasteiger charge is -2.13. The van der Waals surface area contributed by atoms with Gasteiger partial charge in [-0.3, -0.25) is 9.36 Å². The number of pyridine rings is 1. The van der Waals surface area contributed by atoms with Crippen molar-refractivity contribution in [2.45, 2.75) is 19.9 Å². The van der Waals surface area contributed by atoms with E-state index in [1.165, 1.54) is 6.33 Å². The fraction of sp³-hybridized carbons (Fsp3) is 0.190. The molecular formula is C21H20N6O3. The van der Waals surface area contributed by atoms with E-state index in [1.54, 1.807) is 43.1 Å². The lowest BCUT2D eigenvalue weighted by atomic mass is 10.1. The number of ether oxygens (including phenoxy) is 1. The third-order valence-electron chi connectivity index (χ3n) is 4.56. The van der Waals surface area contributed by atoms with Crippen LogP contribution in [0.2, 0.25) is 0 Å². The van der Waals surface area contributed by atoms with Gasteiger partial charge in [-0.2, -0.15) is 4.98 Å². The van der Waals surface area contributed by atoms with E-state index in [4.69, 9.17) is 9.26 Å². The van der Waals surface area contributed by atoms with Gasteiger partial charge in [-0.05, 0) is 43.7 Å². The second kappa shape index (κ2) is 8.16. The molecule has 0 bridgehead atoms. The molecule has 0 saturated heterocycles. The van der Waals surface area contributed by atoms with Gasteiger partial charge in [0.1, 0.15) is 23.6 Å². The minimum absolute atomic E-state index is 0.184. The zero-order valence-electron chi connectivity index (χ0n) is 16.7. The molecule has 0 fully saturated rings. The predicted octanol–water partition coefficient (Wildman–Crippen LogP) is 3.13. The number of hydrogen-bond donors (Lipinski definition) is 1. The monoisotopic (exact) mass is 404 g/mol. The van der Waals surface area contributed by atoms with Gasteiger partial charge in [-0.1, -0.05) is 17.3 Å². The molecule has 0 spiro atoms. The van der Waals surface area contributed by atoms with E-state index < -0.39 is 0 Å². The SMILES string of the molecule is COc1ccc([C@H](C)NC(=O)c2cn(-c3cc(-c4nc(C)no4)ccn3)cn2)cc1. The lowest BCUT2D eigenvalue weighted by Crippen LogP contribution is -2.26. The third-order valence-corrected chi connectivity index (χ3v) is 4.56. The number of carbonyl (C=O) groups excluding carboxylic acids is 1. The molecule has 0 aliphatic heterocycles. The Kier molecular flexibility index (Phi) is 5.25. The van der Waals surface area contributed by atoms with Crippen LogP contribution in [-0.4, -0.2) is 37.7 Å². The van der Waals surface area contributed by atoms with Crippen molar-refractivity contribution in [1.29, 1.82) is 0 Å². The van der Waals surface area contributed by atoms with Gasteiger partial charge in [0.05, 0.1) is 13.2 Å². The van der Waals surface area contributed by atoms with Crippen molar-refractivity contribution >= 4 is 5.91 Å². The number of nitrogens with zero attached hydrogens (tertiary/aromatic N) is 5. The van der Waals surface area contributed by atoms with E-state index in [0.717, 1.165) is 16.9 Å². The first-order chi connectivity index (χ1) is 14.5. The molecule has 3 aromatic heterocycles. The summed E-state index contributed by atoms with van der Waals surface area (Å²) in [5.41, 5.74) is 1.98. The van der Waals surface area contributed by atoms with Gasteiger partial charge < -0.3 is 14.6 Å². The molecule has 0 unspecified atom stereocenters. The summed E-state index contributed by atoms with van der Waals surface area (Å²) in [5, 5.41) is 6.74. The molecule has 0 aliphatic carbocycles. The largest absolute Gasteiger partial charge is 0.497 e. The van der Waals surface area contributed by atoms with Crippen LogP contribution in [0.1, 0.15) is 34.8 Å². The zero-order chi connectivity index (χ0) is 21.1. The highest BCUT2D eigenvalue weighted by Crippen LogP contribution is 2.20. The van der Waals surface area contributed by atoms with Crippen molar-refractivity contribution in [1.82, 2.24) is 30.0 Å². The van der Waals surface area contributed by atoms with Gasteiger partial charge in [-0.25, -0.2) is 9.97 Å². The minimum Gasteiger partial charge on any atom is -0.497 e. The van der Waals surface area contributed by atoms with E-state index in [9.17, 15) is 4.79 Å². The maximum absolute atomic E-state index is 12.6. The molecule has 0 saturated carbocycles. The molecular weight excluding hydrogens is 384 g/mol. The van der Waals surface area contributed by atoms with Crippen molar-refractivity contribution in [2.75, 3.05) is 7.11 Å². The number of hydrogen-bond acceptors (Lipinski definition) is 7. The average molecular weight is 404 g/mol. The second-order valence-electron chi connectivity index (χ2n) is 6.68. The molecule has 30 heavy (non-hydrogen) atoms. The quantitative estimate of drug-likeness (QED) is 0.526. The van der Waals surface area contributed by atoms with E-state index in [-0.39, 0.29) is 17.6 Å². The van der Waals surface area contributed by atoms with Crippen LogP contribution in [0.3, 0.4) is 0 Å². The van der Waals surface area contributed by atoms with Gasteiger partial charge in [0.2, 0.25) is 0 Å². The summed E-state index contributed by atoms with van der Waals surface area (Å²) in [7, 11) is 1.62. The number of amides is 1. The summed E-state index contributed by atoms with van der Waals surface area (Å²) in [4.78, 5) is 25.4. The third kappa shape index (κ3) is 4.04. The Morgan fingerprint density at radius 1 is 1.20 bits per heavy atom. The highest BCUT2D eigenvalue weighted by Gasteiger charge is 2.15. The number of aromatic nitrogens is 5. The van der Waals surface area contributed by atoms with Crippen LogP contribution in [0.4, 0.5) is 0 Å². The van der Waals surface area contributed by atoms with Crippen molar-refractivity contribution < 1.29 is 14.1 Å². The normalized spacial score (nSPS) is 11.8. The van der Waals surface area contributed by atoms with Crippen LogP contribution in [0.5, 0.6) is 5.75 Å². The Bertz CT molecular complexity index is 1170. The molecule has 1 N–H and O–H groups in total. The predicted molar refractivity (Wildman–Crippen MR) is 108 cm³/mol. The Balaban J connectivity index is 1.49. The highest BCUT2D eigenvalue weighted by atomic mass is 16.5. The van der Waals surface area contributed by atoms with Crippen molar-refractivity contribution in [3.05, 3.63) is 72.2 Å². The Morgan fingerprint density at radius 2 is 2.00 bits per heavy atom. The van der Waals surface area contributed by atoms with Crippen LogP contribution in [0.25, 0.3) is 17.3 Å². The average Bonchev–Trinajstić information content (AvgIpc) is 3.43. The fourth-order valence-electron chi connectivity index (χ4n) is 2.92. The number of imidazole rings is 1. The Hall–Kier alpha value is -4.01. The van der Waals surface area contributed by atoms with Crippen LogP contribution in [-0.2, 0) is 0 Å². The molecule has 3 heterocycles. The Labute approximate surface area is 172 Å². The molecule has 152 valence electrons. The molecule has 0 radical (unpaired) electrons. The van der Waals surface area contributed by atoms with E-state index in [0.29, 0.717) is 17.5 Å². The number of benzene rings is 1. The lowest BCUT2D eigenvalue weighted by molar-refractivity contribution is 0.0935. The first-order valence-corrected chi connectivity index (χ1v) is 9.29. The van der Waals surface area contributed by atoms with Crippen molar-refractivity contribution in [2.24, 2.45) is 0 Å². The molecule has 4 rings (SSSR count). The molecule has 1 amide bonds. The standard InChI is InChI=1S/C21H20N6O3/c1-13(15-4-6-17(29-3)7-5-15)24-20(28)18-11-27(12-23-18)19-10-16(8-9-22-19)21-25-14(2)26-30-21/h4-13H,1-3H3,(H,24,28)/t13-/m0/s1. The minimum atomic E-state index is -0.277. The van der Waals surface area contributed by atoms with Crippen molar-refractivity contribution in [3.63, 3.8) is 0 Å². The van der Waals surface area contributed by atoms with Gasteiger partial charge in [0.25, 0.3) is 11.8 Å². The summed E-state index contributed by atoms with van der Waals surface area (Å²) in [5.74, 6) is 2.03. The van der Waals surface area contributed by atoms with Gasteiger partial charge >= 0.3 is 0 Å². The molecule has 0 aliphatic rings. The van der Waals surface area contributed by atoms with Gasteiger partial charge in [-0.15, -0.1) is 0 Å². The van der Waals surface area contributed by atoms with Gasteiger partial charge in [0.15, 0.2) is 5.82 Å². The number of carbonyl (C=O) groups is 1. The zero-order valence-corrected chi connectivity index (χ0v) is 16.7. The van der Waals surface area contributed by atoms with E-state index in [1.807, 2.05) is 31.2 Å². The molecule has 4 aromatic rings. The molecule has 9 heteroatoms. The Morgan fingerprint density at radius 3 is 2.70 bits per heavy atom. The first-order valence-electron chi connectivity index (χ1n) is 9.29. The van der Waals surface area contributed by atoms with E-state index >= 15 is 0 Å². The maximum atomic E-state index is 12.6. The van der Waals surface area contributed by atoms with E-state index in [2.05, 4.69) is 25.4 Å². The number of rotatable bonds is 6. The van der Waals surface area contributed by atoms with Crippen LogP contribution in [0.15, 0.2) is 59.6 Å².